The van der Waals surface area contributed by atoms with Crippen LogP contribution in [0, 0.1) is 12.7 Å². The molecule has 9 heteroatoms. The number of aryl methyl sites for hydroxylation is 1. The topological polar surface area (TPSA) is 106 Å². The van der Waals surface area contributed by atoms with E-state index in [1.54, 1.807) is 36.5 Å². The molecule has 0 spiro atoms. The largest absolute Gasteiger partial charge is 0.298 e. The van der Waals surface area contributed by atoms with Gasteiger partial charge in [0.05, 0.1) is 5.56 Å². The molecule has 33 heavy (non-hydrogen) atoms. The van der Waals surface area contributed by atoms with Crippen molar-refractivity contribution in [1.29, 1.82) is 0 Å². The SMILES string of the molecule is Cc1cccc(-c2nc3c(-c4cccc(F)c4)n[nH]c3c(=O)n2NC(=O)c2cccnc2)c1. The number of carbonyl (C=O) groups excluding carboxylic acids is 1. The first-order valence-corrected chi connectivity index (χ1v) is 10.1. The number of nitrogens with one attached hydrogen (secondary N) is 2. The number of carbonyl (C=O) groups is 1. The Bertz CT molecular complexity index is 1560. The third-order valence-electron chi connectivity index (χ3n) is 5.10. The third-order valence-corrected chi connectivity index (χ3v) is 5.10. The second kappa shape index (κ2) is 8.12. The van der Waals surface area contributed by atoms with E-state index in [1.165, 1.54) is 18.3 Å². The van der Waals surface area contributed by atoms with Crippen LogP contribution in [0.15, 0.2) is 77.9 Å². The number of aromatic amines is 1. The van der Waals surface area contributed by atoms with Gasteiger partial charge in [-0.1, -0.05) is 35.9 Å². The van der Waals surface area contributed by atoms with Crippen molar-refractivity contribution in [1.82, 2.24) is 24.8 Å². The highest BCUT2D eigenvalue weighted by Gasteiger charge is 2.21. The van der Waals surface area contributed by atoms with Gasteiger partial charge in [0, 0.05) is 23.5 Å². The highest BCUT2D eigenvalue weighted by atomic mass is 19.1. The Morgan fingerprint density at radius 1 is 1.06 bits per heavy atom. The van der Waals surface area contributed by atoms with Crippen LogP contribution in [0.25, 0.3) is 33.7 Å². The minimum atomic E-state index is -0.552. The van der Waals surface area contributed by atoms with Gasteiger partial charge in [0.15, 0.2) is 11.3 Å². The normalized spacial score (nSPS) is 11.0. The fraction of sp³-hybridized carbons (Fsp3) is 0.0417. The Morgan fingerprint density at radius 3 is 2.64 bits per heavy atom. The molecule has 1 amide bonds. The standard InChI is InChI=1S/C24H17FN6O2/c1-14-5-2-7-16(11-14)22-27-20-19(15-6-3-9-18(25)12-15)28-29-21(20)24(33)31(22)30-23(32)17-8-4-10-26-13-17/h2-13H,1H3,(H,28,29)(H,30,32). The Balaban J connectivity index is 1.73. The van der Waals surface area contributed by atoms with Crippen molar-refractivity contribution in [2.24, 2.45) is 0 Å². The van der Waals surface area contributed by atoms with Crippen molar-refractivity contribution < 1.29 is 9.18 Å². The predicted molar refractivity (Wildman–Crippen MR) is 122 cm³/mol. The fourth-order valence-corrected chi connectivity index (χ4v) is 3.54. The summed E-state index contributed by atoms with van der Waals surface area (Å²) >= 11 is 0. The smallest absolute Gasteiger partial charge is 0.270 e. The van der Waals surface area contributed by atoms with Crippen LogP contribution in [0.5, 0.6) is 0 Å². The van der Waals surface area contributed by atoms with Gasteiger partial charge in [-0.2, -0.15) is 9.77 Å². The monoisotopic (exact) mass is 440 g/mol. The van der Waals surface area contributed by atoms with E-state index in [1.807, 2.05) is 25.1 Å². The molecule has 0 aliphatic carbocycles. The Kier molecular flexibility index (Phi) is 4.98. The summed E-state index contributed by atoms with van der Waals surface area (Å²) in [4.78, 5) is 34.9. The first-order valence-electron chi connectivity index (χ1n) is 10.1. The molecule has 5 aromatic rings. The molecule has 162 valence electrons. The van der Waals surface area contributed by atoms with Crippen molar-refractivity contribution in [2.45, 2.75) is 6.92 Å². The second-order valence-electron chi connectivity index (χ2n) is 7.43. The van der Waals surface area contributed by atoms with Crippen molar-refractivity contribution in [2.75, 3.05) is 5.43 Å². The van der Waals surface area contributed by atoms with Gasteiger partial charge in [-0.05, 0) is 37.3 Å². The molecule has 0 unspecified atom stereocenters. The van der Waals surface area contributed by atoms with Crippen LogP contribution >= 0.6 is 0 Å². The minimum Gasteiger partial charge on any atom is -0.270 e. The molecule has 8 nitrogen and oxygen atoms in total. The van der Waals surface area contributed by atoms with Gasteiger partial charge in [0.1, 0.15) is 17.0 Å². The number of halogens is 1. The van der Waals surface area contributed by atoms with E-state index in [0.717, 1.165) is 10.2 Å². The van der Waals surface area contributed by atoms with Crippen molar-refractivity contribution >= 4 is 16.9 Å². The number of pyridine rings is 1. The molecular weight excluding hydrogens is 423 g/mol. The number of benzene rings is 2. The van der Waals surface area contributed by atoms with Gasteiger partial charge in [-0.25, -0.2) is 9.37 Å². The van der Waals surface area contributed by atoms with Crippen LogP contribution < -0.4 is 11.0 Å². The molecule has 0 atom stereocenters. The number of nitrogens with zero attached hydrogens (tertiary/aromatic N) is 4. The average molecular weight is 440 g/mol. The third kappa shape index (κ3) is 3.76. The molecule has 0 bridgehead atoms. The minimum absolute atomic E-state index is 0.0807. The molecule has 2 N–H and O–H groups in total. The summed E-state index contributed by atoms with van der Waals surface area (Å²) in [5, 5.41) is 6.89. The van der Waals surface area contributed by atoms with Gasteiger partial charge in [0.2, 0.25) is 0 Å². The van der Waals surface area contributed by atoms with Gasteiger partial charge in [-0.15, -0.1) is 0 Å². The highest BCUT2D eigenvalue weighted by molar-refractivity contribution is 6.00. The van der Waals surface area contributed by atoms with Gasteiger partial charge in [-0.3, -0.25) is 25.1 Å². The molecule has 0 radical (unpaired) electrons. The van der Waals surface area contributed by atoms with E-state index in [0.29, 0.717) is 16.8 Å². The van der Waals surface area contributed by atoms with E-state index in [4.69, 9.17) is 0 Å². The van der Waals surface area contributed by atoms with E-state index >= 15 is 0 Å². The zero-order valence-corrected chi connectivity index (χ0v) is 17.4. The van der Waals surface area contributed by atoms with Gasteiger partial charge < -0.3 is 0 Å². The van der Waals surface area contributed by atoms with Crippen molar-refractivity contribution in [3.05, 3.63) is 100 Å². The maximum Gasteiger partial charge on any atom is 0.298 e. The molecule has 0 fully saturated rings. The van der Waals surface area contributed by atoms with Gasteiger partial charge >= 0.3 is 0 Å². The van der Waals surface area contributed by atoms with Crippen molar-refractivity contribution in [3.8, 4) is 22.6 Å². The number of amides is 1. The maximum absolute atomic E-state index is 13.8. The lowest BCUT2D eigenvalue weighted by Gasteiger charge is -2.14. The molecule has 3 heterocycles. The summed E-state index contributed by atoms with van der Waals surface area (Å²) < 4.78 is 14.9. The summed E-state index contributed by atoms with van der Waals surface area (Å²) in [5.74, 6) is -0.739. The number of H-pyrrole nitrogens is 1. The number of fused-ring (bicyclic) bond motifs is 1. The van der Waals surface area contributed by atoms with Crippen LogP contribution in [-0.2, 0) is 0 Å². The Morgan fingerprint density at radius 2 is 1.88 bits per heavy atom. The highest BCUT2D eigenvalue weighted by Crippen LogP contribution is 2.26. The molecular formula is C24H17FN6O2. The van der Waals surface area contributed by atoms with Gasteiger partial charge in [0.25, 0.3) is 11.5 Å². The summed E-state index contributed by atoms with van der Waals surface area (Å²) in [6.45, 7) is 1.91. The van der Waals surface area contributed by atoms with Crippen LogP contribution in [-0.4, -0.2) is 30.7 Å². The number of hydrogen-bond donors (Lipinski definition) is 2. The zero-order valence-electron chi connectivity index (χ0n) is 17.4. The quantitative estimate of drug-likeness (QED) is 0.444. The fourth-order valence-electron chi connectivity index (χ4n) is 3.54. The van der Waals surface area contributed by atoms with E-state index in [-0.39, 0.29) is 22.4 Å². The second-order valence-corrected chi connectivity index (χ2v) is 7.43. The zero-order chi connectivity index (χ0) is 22.9. The summed E-state index contributed by atoms with van der Waals surface area (Å²) in [5.41, 5.74) is 5.07. The first-order chi connectivity index (χ1) is 16.0. The average Bonchev–Trinajstić information content (AvgIpc) is 3.25. The molecule has 3 aromatic heterocycles. The Labute approximate surface area is 186 Å². The van der Waals surface area contributed by atoms with Crippen LogP contribution in [0.3, 0.4) is 0 Å². The molecule has 2 aromatic carbocycles. The lowest BCUT2D eigenvalue weighted by atomic mass is 10.1. The molecule has 5 rings (SSSR count). The van der Waals surface area contributed by atoms with Crippen LogP contribution in [0.2, 0.25) is 0 Å². The Hall–Kier alpha value is -4.66. The summed E-state index contributed by atoms with van der Waals surface area (Å²) in [6.07, 6.45) is 2.95. The predicted octanol–water partition coefficient (Wildman–Crippen LogP) is 3.68. The number of hydrogen-bond acceptors (Lipinski definition) is 5. The molecule has 0 aliphatic rings. The van der Waals surface area contributed by atoms with E-state index in [2.05, 4.69) is 25.6 Å². The van der Waals surface area contributed by atoms with E-state index in [9.17, 15) is 14.0 Å². The summed E-state index contributed by atoms with van der Waals surface area (Å²) in [7, 11) is 0. The lowest BCUT2D eigenvalue weighted by Crippen LogP contribution is -2.35. The molecule has 0 saturated carbocycles. The molecule has 0 aliphatic heterocycles. The first kappa shape index (κ1) is 20.3. The molecule has 0 saturated heterocycles. The summed E-state index contributed by atoms with van der Waals surface area (Å²) in [6, 6.07) is 16.5. The van der Waals surface area contributed by atoms with Crippen molar-refractivity contribution in [3.63, 3.8) is 0 Å². The van der Waals surface area contributed by atoms with Crippen LogP contribution in [0.1, 0.15) is 15.9 Å². The van der Waals surface area contributed by atoms with E-state index < -0.39 is 17.3 Å². The lowest BCUT2D eigenvalue weighted by molar-refractivity contribution is 0.101. The number of rotatable bonds is 4. The number of aromatic nitrogens is 5. The van der Waals surface area contributed by atoms with Crippen LogP contribution in [0.4, 0.5) is 4.39 Å². The maximum atomic E-state index is 13.8.